The summed E-state index contributed by atoms with van der Waals surface area (Å²) in [6, 6.07) is -2.00. The Morgan fingerprint density at radius 2 is 1.61 bits per heavy atom. The molecule has 0 heterocycles. The highest BCUT2D eigenvalue weighted by Gasteiger charge is 2.40. The minimum Gasteiger partial charge on any atom is -0.480 e. The van der Waals surface area contributed by atoms with Gasteiger partial charge in [0.2, 0.25) is 0 Å². The van der Waals surface area contributed by atoms with Gasteiger partial charge in [0.15, 0.2) is 0 Å². The first-order chi connectivity index (χ1) is 7.93. The Kier molecular flexibility index (Phi) is 5.43. The zero-order valence-electron chi connectivity index (χ0n) is 8.73. The Bertz CT molecular complexity index is 311. The van der Waals surface area contributed by atoms with Crippen molar-refractivity contribution in [1.29, 1.82) is 0 Å². The first kappa shape index (κ1) is 16.5. The maximum Gasteiger partial charge on any atom is 0.471 e. The van der Waals surface area contributed by atoms with Crippen LogP contribution in [0.3, 0.4) is 0 Å². The quantitative estimate of drug-likeness (QED) is 0.756. The number of amides is 1. The van der Waals surface area contributed by atoms with Crippen molar-refractivity contribution >= 4 is 11.9 Å². The fourth-order valence-electron chi connectivity index (χ4n) is 1.00. The van der Waals surface area contributed by atoms with Gasteiger partial charge < -0.3 is 10.4 Å². The van der Waals surface area contributed by atoms with Gasteiger partial charge in [0.1, 0.15) is 6.04 Å². The van der Waals surface area contributed by atoms with Crippen LogP contribution >= 0.6 is 0 Å². The van der Waals surface area contributed by atoms with E-state index in [2.05, 4.69) is 0 Å². The summed E-state index contributed by atoms with van der Waals surface area (Å²) in [7, 11) is 0. The molecule has 0 aliphatic rings. The van der Waals surface area contributed by atoms with Crippen LogP contribution in [-0.2, 0) is 9.59 Å². The van der Waals surface area contributed by atoms with Gasteiger partial charge in [-0.1, -0.05) is 0 Å². The highest BCUT2D eigenvalue weighted by molar-refractivity contribution is 5.86. The predicted molar refractivity (Wildman–Crippen MR) is 45.5 cm³/mol. The average molecular weight is 281 g/mol. The molecular weight excluding hydrogens is 272 g/mol. The molecule has 0 aliphatic heterocycles. The summed E-state index contributed by atoms with van der Waals surface area (Å²) >= 11 is 0. The molecule has 0 aromatic heterocycles. The van der Waals surface area contributed by atoms with E-state index in [-0.39, 0.29) is 0 Å². The van der Waals surface area contributed by atoms with E-state index in [1.54, 1.807) is 0 Å². The van der Waals surface area contributed by atoms with Gasteiger partial charge in [-0.3, -0.25) is 4.79 Å². The minimum absolute atomic E-state index is 0.696. The molecule has 1 unspecified atom stereocenters. The third kappa shape index (κ3) is 6.97. The molecule has 1 amide bonds. The second-order valence-electron chi connectivity index (χ2n) is 3.37. The molecule has 106 valence electrons. The molecule has 2 N–H and O–H groups in total. The van der Waals surface area contributed by atoms with E-state index in [0.29, 0.717) is 0 Å². The van der Waals surface area contributed by atoms with E-state index in [0.717, 1.165) is 5.32 Å². The van der Waals surface area contributed by atoms with Crippen molar-refractivity contribution < 1.29 is 41.0 Å². The number of carbonyl (C=O) groups is 2. The minimum atomic E-state index is -5.28. The molecule has 1 atom stereocenters. The zero-order chi connectivity index (χ0) is 14.6. The summed E-state index contributed by atoms with van der Waals surface area (Å²) in [5.74, 6) is -4.32. The maximum absolute atomic E-state index is 11.8. The maximum atomic E-state index is 11.8. The first-order valence-corrected chi connectivity index (χ1v) is 4.60. The number of halogens is 6. The van der Waals surface area contributed by atoms with E-state index in [4.69, 9.17) is 5.11 Å². The second-order valence-corrected chi connectivity index (χ2v) is 3.37. The van der Waals surface area contributed by atoms with Crippen LogP contribution in [0.2, 0.25) is 0 Å². The number of nitrogens with one attached hydrogen (secondary N) is 1. The number of hydrogen-bond donors (Lipinski definition) is 2. The summed E-state index contributed by atoms with van der Waals surface area (Å²) in [5, 5.41) is 9.57. The highest BCUT2D eigenvalue weighted by Crippen LogP contribution is 2.23. The van der Waals surface area contributed by atoms with Crippen LogP contribution in [0.15, 0.2) is 0 Å². The van der Waals surface area contributed by atoms with E-state index in [9.17, 15) is 35.9 Å². The number of hydrogen-bond acceptors (Lipinski definition) is 2. The van der Waals surface area contributed by atoms with Crippen molar-refractivity contribution in [3.05, 3.63) is 0 Å². The van der Waals surface area contributed by atoms with Crippen LogP contribution in [0.5, 0.6) is 0 Å². The van der Waals surface area contributed by atoms with Gasteiger partial charge in [-0.2, -0.15) is 26.3 Å². The normalized spacial score (nSPS) is 14.1. The smallest absolute Gasteiger partial charge is 0.471 e. The zero-order valence-corrected chi connectivity index (χ0v) is 8.73. The lowest BCUT2D eigenvalue weighted by atomic mass is 10.1. The van der Waals surface area contributed by atoms with Gasteiger partial charge in [0, 0.05) is 6.42 Å². The Hall–Kier alpha value is -1.48. The van der Waals surface area contributed by atoms with E-state index in [1.807, 2.05) is 0 Å². The van der Waals surface area contributed by atoms with Crippen molar-refractivity contribution in [1.82, 2.24) is 5.32 Å². The number of alkyl halides is 6. The molecular formula is C8H9F6NO3. The van der Waals surface area contributed by atoms with Crippen molar-refractivity contribution in [2.45, 2.75) is 37.7 Å². The Morgan fingerprint density at radius 1 is 1.11 bits per heavy atom. The lowest BCUT2D eigenvalue weighted by Crippen LogP contribution is -2.46. The van der Waals surface area contributed by atoms with E-state index in [1.165, 1.54) is 0 Å². The number of carboxylic acid groups (broad SMARTS) is 1. The fourth-order valence-corrected chi connectivity index (χ4v) is 1.00. The molecule has 0 rings (SSSR count). The highest BCUT2D eigenvalue weighted by atomic mass is 19.4. The lowest BCUT2D eigenvalue weighted by molar-refractivity contribution is -0.175. The summed E-state index contributed by atoms with van der Waals surface area (Å²) < 4.78 is 70.6. The number of carbonyl (C=O) groups excluding carboxylic acids is 1. The monoisotopic (exact) mass is 281 g/mol. The molecule has 0 bridgehead atoms. The average Bonchev–Trinajstić information content (AvgIpc) is 2.12. The van der Waals surface area contributed by atoms with E-state index < -0.39 is 49.5 Å². The molecule has 0 saturated carbocycles. The first-order valence-electron chi connectivity index (χ1n) is 4.60. The van der Waals surface area contributed by atoms with Crippen molar-refractivity contribution in [2.75, 3.05) is 0 Å². The molecule has 10 heteroatoms. The standard InChI is InChI=1S/C8H9F6NO3/c9-7(10,11)3-1-2-4(5(16)17)15-6(18)8(12,13)14/h4H,1-3H2,(H,15,18)(H,16,17). The second kappa shape index (κ2) is 5.91. The van der Waals surface area contributed by atoms with Crippen LogP contribution in [-0.4, -0.2) is 35.4 Å². The van der Waals surface area contributed by atoms with Crippen LogP contribution in [0, 0.1) is 0 Å². The van der Waals surface area contributed by atoms with Gasteiger partial charge >= 0.3 is 24.2 Å². The van der Waals surface area contributed by atoms with Gasteiger partial charge in [0.05, 0.1) is 0 Å². The summed E-state index contributed by atoms with van der Waals surface area (Å²) in [6.45, 7) is 0. The molecule has 0 aromatic carbocycles. The number of rotatable bonds is 5. The topological polar surface area (TPSA) is 66.4 Å². The Labute approximate surface area is 97.0 Å². The predicted octanol–water partition coefficient (Wildman–Crippen LogP) is 1.85. The third-order valence-corrected chi connectivity index (χ3v) is 1.81. The van der Waals surface area contributed by atoms with Crippen LogP contribution in [0.1, 0.15) is 19.3 Å². The van der Waals surface area contributed by atoms with Gasteiger partial charge in [-0.25, -0.2) is 4.79 Å². The summed E-state index contributed by atoms with van der Waals surface area (Å²) in [4.78, 5) is 20.9. The fraction of sp³-hybridized carbons (Fsp3) is 0.750. The van der Waals surface area contributed by atoms with Gasteiger partial charge in [-0.05, 0) is 12.8 Å². The van der Waals surface area contributed by atoms with Crippen molar-refractivity contribution in [3.63, 3.8) is 0 Å². The van der Waals surface area contributed by atoms with Gasteiger partial charge in [0.25, 0.3) is 0 Å². The molecule has 0 radical (unpaired) electrons. The lowest BCUT2D eigenvalue weighted by Gasteiger charge is -2.16. The Balaban J connectivity index is 4.34. The van der Waals surface area contributed by atoms with Crippen LogP contribution in [0.4, 0.5) is 26.3 Å². The largest absolute Gasteiger partial charge is 0.480 e. The SMILES string of the molecule is O=C(O)C(CCCC(F)(F)F)NC(=O)C(F)(F)F. The molecule has 0 saturated heterocycles. The molecule has 0 fully saturated rings. The summed E-state index contributed by atoms with van der Waals surface area (Å²) in [5.41, 5.74) is 0. The molecule has 18 heavy (non-hydrogen) atoms. The third-order valence-electron chi connectivity index (χ3n) is 1.81. The van der Waals surface area contributed by atoms with Crippen LogP contribution < -0.4 is 5.32 Å². The van der Waals surface area contributed by atoms with Crippen molar-refractivity contribution in [3.8, 4) is 0 Å². The molecule has 4 nitrogen and oxygen atoms in total. The van der Waals surface area contributed by atoms with E-state index >= 15 is 0 Å². The van der Waals surface area contributed by atoms with Crippen molar-refractivity contribution in [2.24, 2.45) is 0 Å². The van der Waals surface area contributed by atoms with Crippen LogP contribution in [0.25, 0.3) is 0 Å². The molecule has 0 spiro atoms. The molecule has 0 aliphatic carbocycles. The molecule has 0 aromatic rings. The Morgan fingerprint density at radius 3 is 1.94 bits per heavy atom. The number of aliphatic carboxylic acids is 1. The van der Waals surface area contributed by atoms with Gasteiger partial charge in [-0.15, -0.1) is 0 Å². The summed E-state index contributed by atoms with van der Waals surface area (Å²) in [6.07, 6.45) is -12.6. The number of carboxylic acids is 1.